The third-order valence-electron chi connectivity index (χ3n) is 6.42. The summed E-state index contributed by atoms with van der Waals surface area (Å²) in [4.78, 5) is 34.0. The lowest BCUT2D eigenvalue weighted by atomic mass is 9.79. The van der Waals surface area contributed by atoms with Crippen molar-refractivity contribution in [3.63, 3.8) is 0 Å². The van der Waals surface area contributed by atoms with E-state index < -0.39 is 12.0 Å². The molecule has 5 rings (SSSR count). The number of amides is 2. The van der Waals surface area contributed by atoms with Crippen molar-refractivity contribution in [2.75, 3.05) is 14.1 Å². The second kappa shape index (κ2) is 8.00. The van der Waals surface area contributed by atoms with Gasteiger partial charge in [-0.05, 0) is 23.3 Å². The number of benzene rings is 3. The molecule has 5 heteroatoms. The zero-order valence-electron chi connectivity index (χ0n) is 18.2. The van der Waals surface area contributed by atoms with Gasteiger partial charge in [0.1, 0.15) is 0 Å². The van der Waals surface area contributed by atoms with Crippen LogP contribution in [0.25, 0.3) is 10.9 Å². The van der Waals surface area contributed by atoms with Crippen LogP contribution in [0.4, 0.5) is 0 Å². The molecule has 4 aromatic rings. The predicted octanol–water partition coefficient (Wildman–Crippen LogP) is 4.74. The monoisotopic (exact) mass is 423 g/mol. The number of likely N-dealkylation sites (N-methyl/N-ethyl adjacent to an activating group) is 2. The summed E-state index contributed by atoms with van der Waals surface area (Å²) in [6.07, 6.45) is 1.94. The van der Waals surface area contributed by atoms with Crippen molar-refractivity contribution in [2.45, 2.75) is 18.5 Å². The molecule has 0 fully saturated rings. The number of aromatic nitrogens is 1. The third-order valence-corrected chi connectivity index (χ3v) is 6.42. The Morgan fingerprint density at radius 3 is 2.44 bits per heavy atom. The summed E-state index contributed by atoms with van der Waals surface area (Å²) in [7, 11) is 3.63. The highest BCUT2D eigenvalue weighted by molar-refractivity contribution is 6.02. The van der Waals surface area contributed by atoms with E-state index in [1.54, 1.807) is 16.8 Å². The van der Waals surface area contributed by atoms with Gasteiger partial charge < -0.3 is 14.8 Å². The van der Waals surface area contributed by atoms with Crippen molar-refractivity contribution >= 4 is 22.7 Å². The summed E-state index contributed by atoms with van der Waals surface area (Å²) in [6.45, 7) is 0.511. The van der Waals surface area contributed by atoms with Crippen molar-refractivity contribution in [2.24, 2.45) is 0 Å². The van der Waals surface area contributed by atoms with Gasteiger partial charge in [-0.1, -0.05) is 66.7 Å². The maximum atomic E-state index is 13.9. The van der Waals surface area contributed by atoms with E-state index in [9.17, 15) is 9.59 Å². The van der Waals surface area contributed by atoms with Gasteiger partial charge in [-0.3, -0.25) is 9.59 Å². The molecule has 0 radical (unpaired) electrons. The van der Waals surface area contributed by atoms with Crippen molar-refractivity contribution in [3.8, 4) is 0 Å². The predicted molar refractivity (Wildman–Crippen MR) is 125 cm³/mol. The summed E-state index contributed by atoms with van der Waals surface area (Å²) < 4.78 is 0. The highest BCUT2D eigenvalue weighted by Gasteiger charge is 2.44. The minimum atomic E-state index is -0.498. The molecular formula is C27H25N3O2. The number of hydrogen-bond acceptors (Lipinski definition) is 2. The smallest absolute Gasteiger partial charge is 0.254 e. The van der Waals surface area contributed by atoms with Gasteiger partial charge >= 0.3 is 0 Å². The Morgan fingerprint density at radius 1 is 0.938 bits per heavy atom. The topological polar surface area (TPSA) is 56.4 Å². The molecule has 2 heterocycles. The van der Waals surface area contributed by atoms with E-state index in [2.05, 4.69) is 4.98 Å². The first-order valence-electron chi connectivity index (χ1n) is 10.8. The molecule has 2 atom stereocenters. The fourth-order valence-electron chi connectivity index (χ4n) is 4.84. The molecule has 1 N–H and O–H groups in total. The van der Waals surface area contributed by atoms with Crippen molar-refractivity contribution in [1.29, 1.82) is 0 Å². The number of carbonyl (C=O) groups is 2. The number of para-hydroxylation sites is 1. The van der Waals surface area contributed by atoms with Crippen molar-refractivity contribution < 1.29 is 9.59 Å². The fraction of sp³-hybridized carbons (Fsp3) is 0.185. The number of fused-ring (bicyclic) bond motifs is 2. The van der Waals surface area contributed by atoms with Gasteiger partial charge in [0.25, 0.3) is 5.91 Å². The number of H-pyrrole nitrogens is 1. The molecular weight excluding hydrogens is 398 g/mol. The zero-order chi connectivity index (χ0) is 22.2. The standard InChI is InChI=1S/C27H25N3O2/c1-29(17-18-10-4-3-5-11-18)27(32)24-20-13-6-7-14-21(20)26(31)30(2)25(24)22-16-28-23-15-9-8-12-19(22)23/h3-16,24-25,28H,17H2,1-2H3/t24-,25-/m0/s1. The molecule has 5 nitrogen and oxygen atoms in total. The van der Waals surface area contributed by atoms with Gasteiger partial charge in [-0.15, -0.1) is 0 Å². The first kappa shape index (κ1) is 20.1. The first-order valence-corrected chi connectivity index (χ1v) is 10.8. The second-order valence-corrected chi connectivity index (χ2v) is 8.40. The molecule has 1 aliphatic heterocycles. The summed E-state index contributed by atoms with van der Waals surface area (Å²) in [5.74, 6) is -0.566. The van der Waals surface area contributed by atoms with E-state index in [1.165, 1.54) is 0 Å². The molecule has 0 spiro atoms. The van der Waals surface area contributed by atoms with Crippen LogP contribution in [0, 0.1) is 0 Å². The van der Waals surface area contributed by atoms with Crippen LogP contribution in [0.2, 0.25) is 0 Å². The van der Waals surface area contributed by atoms with Gasteiger partial charge in [0.05, 0.1) is 12.0 Å². The third kappa shape index (κ3) is 3.26. The Kier molecular flexibility index (Phi) is 5.02. The van der Waals surface area contributed by atoms with Crippen LogP contribution in [0.5, 0.6) is 0 Å². The van der Waals surface area contributed by atoms with Crippen LogP contribution in [-0.2, 0) is 11.3 Å². The summed E-state index contributed by atoms with van der Waals surface area (Å²) in [5, 5.41) is 1.03. The number of carbonyl (C=O) groups excluding carboxylic acids is 2. The zero-order valence-corrected chi connectivity index (χ0v) is 18.2. The Morgan fingerprint density at radius 2 is 1.62 bits per heavy atom. The molecule has 0 saturated carbocycles. The lowest BCUT2D eigenvalue weighted by Crippen LogP contribution is -2.45. The Bertz CT molecular complexity index is 1290. The molecule has 1 aromatic heterocycles. The van der Waals surface area contributed by atoms with Crippen LogP contribution in [0.15, 0.2) is 85.1 Å². The number of nitrogens with one attached hydrogen (secondary N) is 1. The van der Waals surface area contributed by atoms with Gasteiger partial charge in [-0.2, -0.15) is 0 Å². The van der Waals surface area contributed by atoms with Crippen LogP contribution < -0.4 is 0 Å². The van der Waals surface area contributed by atoms with Crippen molar-refractivity contribution in [1.82, 2.24) is 14.8 Å². The van der Waals surface area contributed by atoms with Gasteiger partial charge in [-0.25, -0.2) is 0 Å². The highest BCUT2D eigenvalue weighted by Crippen LogP contribution is 2.44. The minimum Gasteiger partial charge on any atom is -0.361 e. The molecule has 0 saturated heterocycles. The molecule has 2 amide bonds. The molecule has 3 aromatic carbocycles. The summed E-state index contributed by atoms with van der Waals surface area (Å²) in [5.41, 5.74) is 4.40. The molecule has 1 aliphatic rings. The number of rotatable bonds is 4. The summed E-state index contributed by atoms with van der Waals surface area (Å²) >= 11 is 0. The summed E-state index contributed by atoms with van der Waals surface area (Å²) in [6, 6.07) is 25.1. The van der Waals surface area contributed by atoms with E-state index in [0.717, 1.165) is 27.6 Å². The van der Waals surface area contributed by atoms with Crippen molar-refractivity contribution in [3.05, 3.63) is 107 Å². The Hall–Kier alpha value is -3.86. The average Bonchev–Trinajstić information content (AvgIpc) is 3.25. The molecule has 0 bridgehead atoms. The van der Waals surface area contributed by atoms with E-state index in [4.69, 9.17) is 0 Å². The maximum absolute atomic E-state index is 13.9. The number of nitrogens with zero attached hydrogens (tertiary/aromatic N) is 2. The molecule has 0 unspecified atom stereocenters. The molecule has 32 heavy (non-hydrogen) atoms. The fourth-order valence-corrected chi connectivity index (χ4v) is 4.84. The van der Waals surface area contributed by atoms with Gasteiger partial charge in [0.2, 0.25) is 5.91 Å². The number of hydrogen-bond donors (Lipinski definition) is 1. The largest absolute Gasteiger partial charge is 0.361 e. The second-order valence-electron chi connectivity index (χ2n) is 8.40. The van der Waals surface area contributed by atoms with Crippen LogP contribution in [0.3, 0.4) is 0 Å². The van der Waals surface area contributed by atoms with E-state index in [1.807, 2.05) is 92.1 Å². The number of aromatic amines is 1. The molecule has 0 aliphatic carbocycles. The van der Waals surface area contributed by atoms with E-state index in [0.29, 0.717) is 12.1 Å². The maximum Gasteiger partial charge on any atom is 0.254 e. The van der Waals surface area contributed by atoms with Crippen LogP contribution in [0.1, 0.15) is 39.0 Å². The quantitative estimate of drug-likeness (QED) is 0.516. The van der Waals surface area contributed by atoms with Gasteiger partial charge in [0.15, 0.2) is 0 Å². The van der Waals surface area contributed by atoms with E-state index in [-0.39, 0.29) is 11.8 Å². The Labute approximate surface area is 187 Å². The normalized spacial score (nSPS) is 17.9. The molecule has 160 valence electrons. The average molecular weight is 424 g/mol. The van der Waals surface area contributed by atoms with Gasteiger partial charge in [0, 0.05) is 48.9 Å². The SMILES string of the molecule is CN(Cc1ccccc1)C(=O)[C@H]1c2ccccc2C(=O)N(C)[C@H]1c1c[nH]c2ccccc12. The minimum absolute atomic E-state index is 0.00376. The highest BCUT2D eigenvalue weighted by atomic mass is 16.2. The Balaban J connectivity index is 1.62. The van der Waals surface area contributed by atoms with E-state index >= 15 is 0 Å². The van der Waals surface area contributed by atoms with Crippen LogP contribution >= 0.6 is 0 Å². The lowest BCUT2D eigenvalue weighted by molar-refractivity contribution is -0.133. The van der Waals surface area contributed by atoms with Crippen LogP contribution in [-0.4, -0.2) is 40.7 Å². The first-order chi connectivity index (χ1) is 15.6. The lowest BCUT2D eigenvalue weighted by Gasteiger charge is -2.40.